The maximum Gasteiger partial charge on any atom is 0.118 e. The average molecular weight is 366 g/mol. The Balaban J connectivity index is 1.67. The number of hydrogen-bond donors (Lipinski definition) is 0. The molecule has 146 valence electrons. The van der Waals surface area contributed by atoms with Crippen LogP contribution in [0.3, 0.4) is 0 Å². The van der Waals surface area contributed by atoms with E-state index < -0.39 is 0 Å². The largest absolute Gasteiger partial charge is 0.118 e. The Kier molecular flexibility index (Phi) is 7.65. The van der Waals surface area contributed by atoms with Crippen molar-refractivity contribution in [1.29, 1.82) is 0 Å². The summed E-state index contributed by atoms with van der Waals surface area (Å²) in [5.74, 6) is 0.984. The third-order valence-electron chi connectivity index (χ3n) is 7.66. The van der Waals surface area contributed by atoms with Crippen molar-refractivity contribution in [2.24, 2.45) is 11.3 Å². The zero-order valence-electron chi connectivity index (χ0n) is 17.5. The predicted molar refractivity (Wildman–Crippen MR) is 116 cm³/mol. The second-order valence-electron chi connectivity index (χ2n) is 10.5. The molecule has 0 aromatic heterocycles. The van der Waals surface area contributed by atoms with Crippen LogP contribution in [-0.2, 0) is 10.9 Å². The highest BCUT2D eigenvalue weighted by molar-refractivity contribution is 7.98. The van der Waals surface area contributed by atoms with Crippen molar-refractivity contribution in [2.45, 2.75) is 139 Å². The van der Waals surface area contributed by atoms with Crippen LogP contribution in [0, 0.1) is 11.3 Å². The Labute approximate surface area is 161 Å². The van der Waals surface area contributed by atoms with Crippen molar-refractivity contribution in [2.75, 3.05) is 0 Å². The molecular weight excluding hydrogens is 320 g/mol. The van der Waals surface area contributed by atoms with E-state index in [0.29, 0.717) is 5.41 Å². The fourth-order valence-corrected chi connectivity index (χ4v) is 10.3. The van der Waals surface area contributed by atoms with Gasteiger partial charge in [0.2, 0.25) is 0 Å². The summed E-state index contributed by atoms with van der Waals surface area (Å²) in [5, 5.41) is 3.33. The summed E-state index contributed by atoms with van der Waals surface area (Å²) in [6, 6.07) is 0. The Hall–Kier alpha value is 0.350. The highest BCUT2D eigenvalue weighted by Gasteiger charge is 2.46. The van der Waals surface area contributed by atoms with Crippen molar-refractivity contribution in [3.63, 3.8) is 0 Å². The van der Waals surface area contributed by atoms with E-state index in [4.69, 9.17) is 0 Å². The summed E-state index contributed by atoms with van der Waals surface area (Å²) >= 11 is 0. The first-order valence-electron chi connectivity index (χ1n) is 11.8. The predicted octanol–water partition coefficient (Wildman–Crippen LogP) is 7.66. The van der Waals surface area contributed by atoms with Crippen molar-refractivity contribution >= 4 is 10.9 Å². The molecule has 0 bridgehead atoms. The Morgan fingerprint density at radius 3 is 1.28 bits per heavy atom. The maximum atomic E-state index is 2.48. The third-order valence-corrected chi connectivity index (χ3v) is 11.4. The lowest BCUT2D eigenvalue weighted by Crippen LogP contribution is -2.44. The van der Waals surface area contributed by atoms with Gasteiger partial charge in [0.05, 0.1) is 0 Å². The molecular formula is C24H45S+. The van der Waals surface area contributed by atoms with Gasteiger partial charge in [0.1, 0.15) is 15.7 Å². The molecule has 1 atom stereocenters. The van der Waals surface area contributed by atoms with E-state index in [1.807, 2.05) is 0 Å². The monoisotopic (exact) mass is 365 g/mol. The van der Waals surface area contributed by atoms with Gasteiger partial charge in [-0.25, -0.2) is 0 Å². The van der Waals surface area contributed by atoms with Crippen molar-refractivity contribution in [3.8, 4) is 0 Å². The summed E-state index contributed by atoms with van der Waals surface area (Å²) in [6.45, 7) is 7.44. The van der Waals surface area contributed by atoms with E-state index in [2.05, 4.69) is 20.8 Å². The van der Waals surface area contributed by atoms with Crippen molar-refractivity contribution in [3.05, 3.63) is 0 Å². The lowest BCUT2D eigenvalue weighted by molar-refractivity contribution is 0.181. The second-order valence-corrected chi connectivity index (χ2v) is 13.3. The van der Waals surface area contributed by atoms with Crippen LogP contribution in [0.1, 0.15) is 124 Å². The third kappa shape index (κ3) is 5.66. The molecule has 3 rings (SSSR count). The molecule has 0 amide bonds. The molecule has 0 nitrogen and oxygen atoms in total. The number of rotatable bonds is 3. The second kappa shape index (κ2) is 9.52. The van der Waals surface area contributed by atoms with Crippen LogP contribution in [0.2, 0.25) is 0 Å². The van der Waals surface area contributed by atoms with E-state index >= 15 is 0 Å². The quantitative estimate of drug-likeness (QED) is 0.450. The van der Waals surface area contributed by atoms with Gasteiger partial charge < -0.3 is 0 Å². The SMILES string of the molecule is CC(C)(C)C1CCC([S+](C2CCCCCCC2)C2CCCCC2)CC1. The Bertz CT molecular complexity index is 360. The lowest BCUT2D eigenvalue weighted by Gasteiger charge is -2.40. The van der Waals surface area contributed by atoms with Crippen LogP contribution in [0.5, 0.6) is 0 Å². The van der Waals surface area contributed by atoms with E-state index in [0.717, 1.165) is 32.6 Å². The van der Waals surface area contributed by atoms with Crippen LogP contribution in [-0.4, -0.2) is 15.7 Å². The van der Waals surface area contributed by atoms with Gasteiger partial charge in [-0.2, -0.15) is 0 Å². The highest BCUT2D eigenvalue weighted by atomic mass is 32.2. The molecule has 0 spiro atoms. The fraction of sp³-hybridized carbons (Fsp3) is 1.00. The molecule has 25 heavy (non-hydrogen) atoms. The summed E-state index contributed by atoms with van der Waals surface area (Å²) in [5.41, 5.74) is 0.536. The van der Waals surface area contributed by atoms with Crippen LogP contribution in [0.4, 0.5) is 0 Å². The summed E-state index contributed by atoms with van der Waals surface area (Å²) < 4.78 is 0. The minimum Gasteiger partial charge on any atom is -0.0599 e. The van der Waals surface area contributed by atoms with Gasteiger partial charge in [0.15, 0.2) is 0 Å². The highest BCUT2D eigenvalue weighted by Crippen LogP contribution is 2.44. The molecule has 3 aliphatic rings. The summed E-state index contributed by atoms with van der Waals surface area (Å²) in [6.07, 6.45) is 24.8. The van der Waals surface area contributed by atoms with Gasteiger partial charge in [-0.3, -0.25) is 0 Å². The fourth-order valence-electron chi connectivity index (χ4n) is 6.05. The zero-order valence-corrected chi connectivity index (χ0v) is 18.3. The van der Waals surface area contributed by atoms with Crippen LogP contribution in [0.15, 0.2) is 0 Å². The van der Waals surface area contributed by atoms with E-state index in [9.17, 15) is 0 Å². The first kappa shape index (κ1) is 20.1. The first-order chi connectivity index (χ1) is 12.1. The smallest absolute Gasteiger partial charge is 0.0599 e. The molecule has 3 fully saturated rings. The minimum absolute atomic E-state index is 0.536. The molecule has 3 saturated carbocycles. The van der Waals surface area contributed by atoms with Crippen LogP contribution >= 0.6 is 0 Å². The van der Waals surface area contributed by atoms with E-state index in [-0.39, 0.29) is 0 Å². The van der Waals surface area contributed by atoms with Gasteiger partial charge in [-0.1, -0.05) is 46.5 Å². The zero-order chi connectivity index (χ0) is 17.7. The lowest BCUT2D eigenvalue weighted by atomic mass is 9.72. The van der Waals surface area contributed by atoms with Crippen molar-refractivity contribution in [1.82, 2.24) is 0 Å². The van der Waals surface area contributed by atoms with E-state index in [1.54, 1.807) is 38.5 Å². The van der Waals surface area contributed by atoms with Gasteiger partial charge in [0, 0.05) is 0 Å². The van der Waals surface area contributed by atoms with Crippen molar-refractivity contribution < 1.29 is 0 Å². The molecule has 0 aliphatic heterocycles. The Morgan fingerprint density at radius 1 is 0.480 bits per heavy atom. The molecule has 0 aromatic carbocycles. The van der Waals surface area contributed by atoms with Gasteiger partial charge in [-0.05, 0) is 99.3 Å². The van der Waals surface area contributed by atoms with E-state index in [1.165, 1.54) is 64.2 Å². The number of hydrogen-bond acceptors (Lipinski definition) is 0. The minimum atomic E-state index is 0.536. The topological polar surface area (TPSA) is 0 Å². The molecule has 3 aliphatic carbocycles. The Morgan fingerprint density at radius 2 is 0.840 bits per heavy atom. The van der Waals surface area contributed by atoms with Gasteiger partial charge >= 0.3 is 0 Å². The van der Waals surface area contributed by atoms with Gasteiger partial charge in [-0.15, -0.1) is 0 Å². The first-order valence-corrected chi connectivity index (χ1v) is 13.2. The standard InChI is InChI=1S/C24H45S/c1-24(2,3)20-16-18-23(19-17-20)25(22-14-10-7-11-15-22)21-12-8-5-4-6-9-13-21/h20-23H,4-19H2,1-3H3/q+1. The summed E-state index contributed by atoms with van der Waals surface area (Å²) in [7, 11) is 0.756. The molecule has 0 saturated heterocycles. The molecule has 1 unspecified atom stereocenters. The molecule has 0 radical (unpaired) electrons. The van der Waals surface area contributed by atoms with Crippen LogP contribution < -0.4 is 0 Å². The molecule has 0 N–H and O–H groups in total. The molecule has 1 heteroatoms. The van der Waals surface area contributed by atoms with Crippen LogP contribution in [0.25, 0.3) is 0 Å². The molecule has 0 aromatic rings. The normalized spacial score (nSPS) is 32.8. The molecule has 0 heterocycles. The average Bonchev–Trinajstić information content (AvgIpc) is 2.57. The van der Waals surface area contributed by atoms with Gasteiger partial charge in [0.25, 0.3) is 0 Å². The maximum absolute atomic E-state index is 2.48. The summed E-state index contributed by atoms with van der Waals surface area (Å²) in [4.78, 5) is 0.